The van der Waals surface area contributed by atoms with Gasteiger partial charge in [0.15, 0.2) is 0 Å². The Balaban J connectivity index is 2.23. The van der Waals surface area contributed by atoms with Gasteiger partial charge in [-0.3, -0.25) is 14.9 Å². The number of nitrogens with one attached hydrogen (secondary N) is 1. The molecule has 1 N–H and O–H groups in total. The Kier molecular flexibility index (Phi) is 4.36. The zero-order valence-corrected chi connectivity index (χ0v) is 12.1. The average Bonchev–Trinajstić information content (AvgIpc) is 2.92. The number of nitro benzene ring substituents is 1. The third-order valence-corrected chi connectivity index (χ3v) is 4.01. The summed E-state index contributed by atoms with van der Waals surface area (Å²) in [5.41, 5.74) is -0.295. The number of nitrogens with zero attached hydrogens (tertiary/aromatic N) is 1. The molecule has 5 nitrogen and oxygen atoms in total. The minimum Gasteiger partial charge on any atom is -0.344 e. The van der Waals surface area contributed by atoms with Gasteiger partial charge in [-0.25, -0.2) is 0 Å². The first kappa shape index (κ1) is 14.5. The molecule has 0 aliphatic carbocycles. The highest BCUT2D eigenvalue weighted by molar-refractivity contribution is 7.10. The van der Waals surface area contributed by atoms with Crippen LogP contribution in [-0.4, -0.2) is 10.8 Å². The van der Waals surface area contributed by atoms with E-state index in [4.69, 9.17) is 11.6 Å². The lowest BCUT2D eigenvalue weighted by Gasteiger charge is -2.12. The molecule has 104 valence electrons. The van der Waals surface area contributed by atoms with E-state index in [0.717, 1.165) is 4.88 Å². The molecule has 1 heterocycles. The van der Waals surface area contributed by atoms with Crippen molar-refractivity contribution in [1.82, 2.24) is 5.32 Å². The lowest BCUT2D eigenvalue weighted by molar-refractivity contribution is -0.385. The molecular formula is C13H11ClN2O3S. The van der Waals surface area contributed by atoms with Crippen LogP contribution in [0.5, 0.6) is 0 Å². The number of nitro groups is 1. The summed E-state index contributed by atoms with van der Waals surface area (Å²) in [4.78, 5) is 23.5. The standard InChI is InChI=1S/C13H11ClN2O3S/c1-8(12-3-2-6-20-12)15-13(17)10-5-4-9(14)7-11(10)16(18)19/h2-8H,1H3,(H,15,17). The second-order valence-corrected chi connectivity index (χ2v) is 5.54. The van der Waals surface area contributed by atoms with Crippen molar-refractivity contribution in [3.63, 3.8) is 0 Å². The Labute approximate surface area is 124 Å². The first-order chi connectivity index (χ1) is 9.49. The van der Waals surface area contributed by atoms with Gasteiger partial charge in [-0.1, -0.05) is 17.7 Å². The highest BCUT2D eigenvalue weighted by Gasteiger charge is 2.22. The van der Waals surface area contributed by atoms with Gasteiger partial charge in [0.25, 0.3) is 11.6 Å². The Morgan fingerprint density at radius 3 is 2.80 bits per heavy atom. The van der Waals surface area contributed by atoms with Crippen LogP contribution in [0.25, 0.3) is 0 Å². The van der Waals surface area contributed by atoms with Crippen molar-refractivity contribution in [2.75, 3.05) is 0 Å². The highest BCUT2D eigenvalue weighted by Crippen LogP contribution is 2.24. The van der Waals surface area contributed by atoms with Crippen LogP contribution in [0.1, 0.15) is 28.2 Å². The van der Waals surface area contributed by atoms with E-state index < -0.39 is 10.8 Å². The normalized spacial score (nSPS) is 11.9. The molecule has 0 bridgehead atoms. The Morgan fingerprint density at radius 1 is 1.45 bits per heavy atom. The summed E-state index contributed by atoms with van der Waals surface area (Å²) < 4.78 is 0. The number of amides is 1. The van der Waals surface area contributed by atoms with E-state index >= 15 is 0 Å². The SMILES string of the molecule is CC(NC(=O)c1ccc(Cl)cc1[N+](=O)[O-])c1cccs1. The number of carbonyl (C=O) groups excluding carboxylic acids is 1. The number of halogens is 1. The van der Waals surface area contributed by atoms with Crippen LogP contribution < -0.4 is 5.32 Å². The summed E-state index contributed by atoms with van der Waals surface area (Å²) >= 11 is 7.23. The molecule has 0 aliphatic heterocycles. The first-order valence-electron chi connectivity index (χ1n) is 5.77. The van der Waals surface area contributed by atoms with Crippen LogP contribution in [0.3, 0.4) is 0 Å². The van der Waals surface area contributed by atoms with Crippen LogP contribution >= 0.6 is 22.9 Å². The summed E-state index contributed by atoms with van der Waals surface area (Å²) in [5, 5.41) is 15.8. The predicted octanol–water partition coefficient (Wildman–Crippen LogP) is 3.80. The number of thiophene rings is 1. The summed E-state index contributed by atoms with van der Waals surface area (Å²) in [6, 6.07) is 7.56. The second-order valence-electron chi connectivity index (χ2n) is 4.13. The van der Waals surface area contributed by atoms with Gasteiger partial charge in [0, 0.05) is 16.0 Å². The molecule has 2 aromatic rings. The Bertz CT molecular complexity index is 643. The Morgan fingerprint density at radius 2 is 2.20 bits per heavy atom. The number of benzene rings is 1. The van der Waals surface area contributed by atoms with Crippen LogP contribution in [-0.2, 0) is 0 Å². The number of hydrogen-bond donors (Lipinski definition) is 1. The quantitative estimate of drug-likeness (QED) is 0.689. The van der Waals surface area contributed by atoms with E-state index in [1.54, 1.807) is 0 Å². The van der Waals surface area contributed by atoms with Gasteiger partial charge in [-0.2, -0.15) is 0 Å². The third kappa shape index (κ3) is 3.15. The molecule has 0 radical (unpaired) electrons. The molecule has 1 aromatic heterocycles. The van der Waals surface area contributed by atoms with E-state index in [-0.39, 0.29) is 22.3 Å². The molecule has 2 rings (SSSR count). The zero-order valence-electron chi connectivity index (χ0n) is 10.5. The molecule has 1 atom stereocenters. The maximum absolute atomic E-state index is 12.1. The van der Waals surface area contributed by atoms with Gasteiger partial charge in [0.05, 0.1) is 11.0 Å². The second kappa shape index (κ2) is 6.02. The van der Waals surface area contributed by atoms with E-state index in [1.807, 2.05) is 24.4 Å². The summed E-state index contributed by atoms with van der Waals surface area (Å²) in [6.07, 6.45) is 0. The van der Waals surface area contributed by atoms with Crippen molar-refractivity contribution < 1.29 is 9.72 Å². The third-order valence-electron chi connectivity index (χ3n) is 2.72. The van der Waals surface area contributed by atoms with Crippen LogP contribution in [0, 0.1) is 10.1 Å². The highest BCUT2D eigenvalue weighted by atomic mass is 35.5. The topological polar surface area (TPSA) is 72.2 Å². The van der Waals surface area contributed by atoms with Crippen LogP contribution in [0.2, 0.25) is 5.02 Å². The molecule has 20 heavy (non-hydrogen) atoms. The fourth-order valence-electron chi connectivity index (χ4n) is 1.73. The molecular weight excluding hydrogens is 300 g/mol. The summed E-state index contributed by atoms with van der Waals surface area (Å²) in [5.74, 6) is -0.491. The smallest absolute Gasteiger partial charge is 0.283 e. The molecule has 0 spiro atoms. The van der Waals surface area contributed by atoms with Crippen molar-refractivity contribution >= 4 is 34.5 Å². The monoisotopic (exact) mass is 310 g/mol. The van der Waals surface area contributed by atoms with E-state index in [0.29, 0.717) is 0 Å². The maximum atomic E-state index is 12.1. The maximum Gasteiger partial charge on any atom is 0.283 e. The fourth-order valence-corrected chi connectivity index (χ4v) is 2.63. The molecule has 0 saturated carbocycles. The van der Waals surface area contributed by atoms with Gasteiger partial charge in [0.1, 0.15) is 5.56 Å². The molecule has 1 aromatic carbocycles. The number of hydrogen-bond acceptors (Lipinski definition) is 4. The summed E-state index contributed by atoms with van der Waals surface area (Å²) in [7, 11) is 0. The minimum absolute atomic E-state index is 0.00260. The van der Waals surface area contributed by atoms with Crippen LogP contribution in [0.15, 0.2) is 35.7 Å². The lowest BCUT2D eigenvalue weighted by Crippen LogP contribution is -2.26. The van der Waals surface area contributed by atoms with Crippen molar-refractivity contribution in [1.29, 1.82) is 0 Å². The van der Waals surface area contributed by atoms with Crippen molar-refractivity contribution in [3.8, 4) is 0 Å². The molecule has 1 unspecified atom stereocenters. The summed E-state index contributed by atoms with van der Waals surface area (Å²) in [6.45, 7) is 1.82. The molecule has 0 saturated heterocycles. The van der Waals surface area contributed by atoms with E-state index in [9.17, 15) is 14.9 Å². The van der Waals surface area contributed by atoms with Gasteiger partial charge < -0.3 is 5.32 Å². The molecule has 7 heteroatoms. The number of carbonyl (C=O) groups is 1. The zero-order chi connectivity index (χ0) is 14.7. The molecule has 1 amide bonds. The fraction of sp³-hybridized carbons (Fsp3) is 0.154. The first-order valence-corrected chi connectivity index (χ1v) is 7.03. The lowest BCUT2D eigenvalue weighted by atomic mass is 10.1. The van der Waals surface area contributed by atoms with Crippen molar-refractivity contribution in [2.45, 2.75) is 13.0 Å². The Hall–Kier alpha value is -1.92. The number of rotatable bonds is 4. The minimum atomic E-state index is -0.614. The van der Waals surface area contributed by atoms with Gasteiger partial charge in [0.2, 0.25) is 0 Å². The predicted molar refractivity (Wildman–Crippen MR) is 78.3 cm³/mol. The van der Waals surface area contributed by atoms with Gasteiger partial charge in [-0.15, -0.1) is 11.3 Å². The van der Waals surface area contributed by atoms with Gasteiger partial charge >= 0.3 is 0 Å². The molecule has 0 aliphatic rings. The largest absolute Gasteiger partial charge is 0.344 e. The van der Waals surface area contributed by atoms with Crippen molar-refractivity contribution in [3.05, 3.63) is 61.3 Å². The van der Waals surface area contributed by atoms with Crippen LogP contribution in [0.4, 0.5) is 5.69 Å². The van der Waals surface area contributed by atoms with E-state index in [2.05, 4.69) is 5.32 Å². The van der Waals surface area contributed by atoms with Crippen molar-refractivity contribution in [2.24, 2.45) is 0 Å². The van der Waals surface area contributed by atoms with E-state index in [1.165, 1.54) is 29.5 Å². The van der Waals surface area contributed by atoms with Gasteiger partial charge in [-0.05, 0) is 30.5 Å². The average molecular weight is 311 g/mol. The molecule has 0 fully saturated rings.